The Morgan fingerprint density at radius 2 is 2.00 bits per heavy atom. The number of nitrogens with zero attached hydrogens (tertiary/aromatic N) is 1. The van der Waals surface area contributed by atoms with Gasteiger partial charge >= 0.3 is 0 Å². The van der Waals surface area contributed by atoms with Gasteiger partial charge < -0.3 is 10.5 Å². The Morgan fingerprint density at radius 1 is 1.33 bits per heavy atom. The lowest BCUT2D eigenvalue weighted by Gasteiger charge is -2.32. The van der Waals surface area contributed by atoms with E-state index in [9.17, 15) is 4.79 Å². The lowest BCUT2D eigenvalue weighted by atomic mass is 10.0. The van der Waals surface area contributed by atoms with Crippen molar-refractivity contribution in [3.05, 3.63) is 23.8 Å². The molecule has 0 aromatic heterocycles. The van der Waals surface area contributed by atoms with Crippen molar-refractivity contribution in [3.63, 3.8) is 0 Å². The number of piperidine rings is 1. The van der Waals surface area contributed by atoms with Crippen molar-refractivity contribution in [2.45, 2.75) is 25.8 Å². The van der Waals surface area contributed by atoms with E-state index in [0.717, 1.165) is 24.4 Å². The summed E-state index contributed by atoms with van der Waals surface area (Å²) in [5, 5.41) is 0. The molecular formula is C14H20N2O2. The SMILES string of the molecule is COc1cc(N)ccc1C(C)N1CCC(=O)CC1. The molecule has 2 N–H and O–H groups in total. The largest absolute Gasteiger partial charge is 0.496 e. The molecule has 0 bridgehead atoms. The average molecular weight is 248 g/mol. The first kappa shape index (κ1) is 12.9. The van der Waals surface area contributed by atoms with Crippen LogP contribution in [0.25, 0.3) is 0 Å². The number of nitrogen functional groups attached to an aromatic ring is 1. The van der Waals surface area contributed by atoms with Gasteiger partial charge in [-0.05, 0) is 13.0 Å². The van der Waals surface area contributed by atoms with Gasteiger partial charge in [-0.15, -0.1) is 0 Å². The lowest BCUT2D eigenvalue weighted by Crippen LogP contribution is -2.35. The standard InChI is InChI=1S/C14H20N2O2/c1-10(16-7-5-12(17)6-8-16)13-4-3-11(15)9-14(13)18-2/h3-4,9-10H,5-8,15H2,1-2H3. The second-order valence-corrected chi connectivity index (χ2v) is 4.75. The smallest absolute Gasteiger partial charge is 0.135 e. The van der Waals surface area contributed by atoms with Crippen molar-refractivity contribution in [2.24, 2.45) is 0 Å². The summed E-state index contributed by atoms with van der Waals surface area (Å²) < 4.78 is 5.39. The van der Waals surface area contributed by atoms with Crippen LogP contribution in [0.2, 0.25) is 0 Å². The van der Waals surface area contributed by atoms with Gasteiger partial charge in [-0.25, -0.2) is 0 Å². The number of carbonyl (C=O) groups is 1. The molecule has 1 fully saturated rings. The van der Waals surface area contributed by atoms with Gasteiger partial charge in [-0.2, -0.15) is 0 Å². The Balaban J connectivity index is 2.17. The number of nitrogens with two attached hydrogens (primary N) is 1. The molecule has 98 valence electrons. The molecule has 1 aromatic carbocycles. The van der Waals surface area contributed by atoms with Crippen LogP contribution in [0, 0.1) is 0 Å². The Labute approximate surface area is 108 Å². The molecule has 4 heteroatoms. The van der Waals surface area contributed by atoms with Crippen LogP contribution >= 0.6 is 0 Å². The summed E-state index contributed by atoms with van der Waals surface area (Å²) in [5.41, 5.74) is 7.59. The van der Waals surface area contributed by atoms with Gasteiger partial charge in [0.25, 0.3) is 0 Å². The number of ketones is 1. The summed E-state index contributed by atoms with van der Waals surface area (Å²) in [6.07, 6.45) is 1.31. The van der Waals surface area contributed by atoms with Gasteiger partial charge in [0.05, 0.1) is 7.11 Å². The van der Waals surface area contributed by atoms with Crippen LogP contribution in [0.15, 0.2) is 18.2 Å². The summed E-state index contributed by atoms with van der Waals surface area (Å²) in [7, 11) is 1.66. The van der Waals surface area contributed by atoms with Crippen molar-refractivity contribution in [3.8, 4) is 5.75 Å². The molecule has 1 aliphatic heterocycles. The summed E-state index contributed by atoms with van der Waals surface area (Å²) in [6, 6.07) is 5.99. The number of likely N-dealkylation sites (tertiary alicyclic amines) is 1. The van der Waals surface area contributed by atoms with E-state index in [1.807, 2.05) is 18.2 Å². The molecule has 0 amide bonds. The molecule has 1 aliphatic rings. The van der Waals surface area contributed by atoms with Crippen LogP contribution in [-0.4, -0.2) is 30.9 Å². The number of carbonyl (C=O) groups excluding carboxylic acids is 1. The van der Waals surface area contributed by atoms with Crippen molar-refractivity contribution in [2.75, 3.05) is 25.9 Å². The zero-order valence-corrected chi connectivity index (χ0v) is 11.0. The van der Waals surface area contributed by atoms with Crippen LogP contribution in [0.5, 0.6) is 5.75 Å². The molecule has 0 saturated carbocycles. The van der Waals surface area contributed by atoms with E-state index < -0.39 is 0 Å². The molecular weight excluding hydrogens is 228 g/mol. The quantitative estimate of drug-likeness (QED) is 0.831. The zero-order chi connectivity index (χ0) is 13.1. The maximum atomic E-state index is 11.3. The van der Waals surface area contributed by atoms with E-state index in [1.54, 1.807) is 7.11 Å². The molecule has 0 radical (unpaired) electrons. The number of benzene rings is 1. The van der Waals surface area contributed by atoms with Crippen molar-refractivity contribution in [1.82, 2.24) is 4.90 Å². The van der Waals surface area contributed by atoms with Crippen LogP contribution < -0.4 is 10.5 Å². The fourth-order valence-electron chi connectivity index (χ4n) is 2.43. The molecule has 2 rings (SSSR count). The third-order valence-corrected chi connectivity index (χ3v) is 3.61. The highest BCUT2D eigenvalue weighted by Crippen LogP contribution is 2.31. The minimum absolute atomic E-state index is 0.244. The van der Waals surface area contributed by atoms with Gasteiger partial charge in [0.1, 0.15) is 11.5 Å². The Bertz CT molecular complexity index is 435. The van der Waals surface area contributed by atoms with Gasteiger partial charge in [0.15, 0.2) is 0 Å². The predicted molar refractivity (Wildman–Crippen MR) is 71.6 cm³/mol. The molecule has 18 heavy (non-hydrogen) atoms. The number of Topliss-reactive ketones (excluding diaryl/α,β-unsaturated/α-hetero) is 1. The summed E-state index contributed by atoms with van der Waals surface area (Å²) in [6.45, 7) is 3.80. The first-order valence-electron chi connectivity index (χ1n) is 6.31. The van der Waals surface area contributed by atoms with Crippen molar-refractivity contribution in [1.29, 1.82) is 0 Å². The second kappa shape index (κ2) is 5.40. The molecule has 1 aromatic rings. The highest BCUT2D eigenvalue weighted by Gasteiger charge is 2.23. The summed E-state index contributed by atoms with van der Waals surface area (Å²) in [4.78, 5) is 13.6. The molecule has 4 nitrogen and oxygen atoms in total. The van der Waals surface area contributed by atoms with E-state index in [0.29, 0.717) is 24.3 Å². The number of methoxy groups -OCH3 is 1. The third kappa shape index (κ3) is 2.64. The molecule has 0 aliphatic carbocycles. The fourth-order valence-corrected chi connectivity index (χ4v) is 2.43. The zero-order valence-electron chi connectivity index (χ0n) is 11.0. The molecule has 1 heterocycles. The van der Waals surface area contributed by atoms with E-state index in [2.05, 4.69) is 11.8 Å². The van der Waals surface area contributed by atoms with Gasteiger partial charge in [-0.3, -0.25) is 9.69 Å². The molecule has 1 atom stereocenters. The summed E-state index contributed by atoms with van der Waals surface area (Å²) >= 11 is 0. The highest BCUT2D eigenvalue weighted by atomic mass is 16.5. The number of rotatable bonds is 3. The Morgan fingerprint density at radius 3 is 2.61 bits per heavy atom. The van der Waals surface area contributed by atoms with Crippen LogP contribution in [-0.2, 0) is 4.79 Å². The van der Waals surface area contributed by atoms with E-state index in [4.69, 9.17) is 10.5 Å². The highest BCUT2D eigenvalue weighted by molar-refractivity contribution is 5.79. The topological polar surface area (TPSA) is 55.6 Å². The first-order chi connectivity index (χ1) is 8.61. The van der Waals surface area contributed by atoms with Crippen molar-refractivity contribution < 1.29 is 9.53 Å². The van der Waals surface area contributed by atoms with Gasteiger partial charge in [-0.1, -0.05) is 6.07 Å². The molecule has 1 unspecified atom stereocenters. The van der Waals surface area contributed by atoms with Crippen LogP contribution in [0.4, 0.5) is 5.69 Å². The minimum Gasteiger partial charge on any atom is -0.496 e. The van der Waals surface area contributed by atoms with Gasteiger partial charge in [0.2, 0.25) is 0 Å². The fraction of sp³-hybridized carbons (Fsp3) is 0.500. The monoisotopic (exact) mass is 248 g/mol. The first-order valence-corrected chi connectivity index (χ1v) is 6.31. The number of hydrogen-bond donors (Lipinski definition) is 1. The third-order valence-electron chi connectivity index (χ3n) is 3.61. The van der Waals surface area contributed by atoms with E-state index >= 15 is 0 Å². The normalized spacial score (nSPS) is 18.7. The van der Waals surface area contributed by atoms with Crippen LogP contribution in [0.1, 0.15) is 31.4 Å². The predicted octanol–water partition coefficient (Wildman–Crippen LogP) is 2.00. The molecule has 1 saturated heterocycles. The Hall–Kier alpha value is -1.55. The maximum Gasteiger partial charge on any atom is 0.135 e. The number of hydrogen-bond acceptors (Lipinski definition) is 4. The van der Waals surface area contributed by atoms with Crippen LogP contribution in [0.3, 0.4) is 0 Å². The van der Waals surface area contributed by atoms with Gasteiger partial charge in [0, 0.05) is 49.3 Å². The van der Waals surface area contributed by atoms with E-state index in [-0.39, 0.29) is 6.04 Å². The maximum absolute atomic E-state index is 11.3. The summed E-state index contributed by atoms with van der Waals surface area (Å²) in [5.74, 6) is 1.18. The number of ether oxygens (including phenoxy) is 1. The minimum atomic E-state index is 0.244. The average Bonchev–Trinajstić information content (AvgIpc) is 2.38. The second-order valence-electron chi connectivity index (χ2n) is 4.75. The molecule has 0 spiro atoms. The number of anilines is 1. The lowest BCUT2D eigenvalue weighted by molar-refractivity contribution is -0.121. The van der Waals surface area contributed by atoms with Crippen molar-refractivity contribution >= 4 is 11.5 Å². The Kier molecular flexibility index (Phi) is 3.87. The van der Waals surface area contributed by atoms with E-state index in [1.165, 1.54) is 0 Å².